The molecule has 7 heteroatoms. The number of benzene rings is 10. The molecule has 0 saturated carbocycles. The predicted octanol–water partition coefficient (Wildman–Crippen LogP) is 15.8. The summed E-state index contributed by atoms with van der Waals surface area (Å²) in [6, 6.07) is 82.5. The van der Waals surface area contributed by atoms with E-state index in [-0.39, 0.29) is 0 Å². The molecule has 0 amide bonds. The minimum absolute atomic E-state index is 0.396. The van der Waals surface area contributed by atoms with Crippen molar-refractivity contribution in [3.63, 3.8) is 0 Å². The van der Waals surface area contributed by atoms with Crippen LogP contribution in [0.3, 0.4) is 0 Å². The van der Waals surface area contributed by atoms with E-state index in [1.807, 2.05) is 30.3 Å². The highest BCUT2D eigenvalue weighted by molar-refractivity contribution is 6.16. The molecule has 5 aromatic heterocycles. The van der Waals surface area contributed by atoms with E-state index in [1.54, 1.807) is 0 Å². The maximum atomic E-state index is 7.21. The molecule has 0 aliphatic rings. The van der Waals surface area contributed by atoms with E-state index in [0.29, 0.717) is 11.8 Å². The molecule has 7 nitrogen and oxygen atoms in total. The third-order valence-corrected chi connectivity index (χ3v) is 14.1. The standard InChI is InChI=1S/C62H38N6O/c1-2-20-39(21-3-1)61-63-64-62(69-61)58-59(67-52-34-16-8-26-44(52)45-27-9-17-35-53(45)67)56(65-48-30-12-4-22-40(48)41-23-5-13-31-49(41)65)38-57(66-50-32-14-6-24-42(50)43-25-7-15-33-51(43)66)60(58)68-54-36-18-10-28-46(54)47-29-11-19-37-55(47)68/h1-38H. The van der Waals surface area contributed by atoms with Crippen LogP contribution >= 0.6 is 0 Å². The lowest BCUT2D eigenvalue weighted by atomic mass is 10.0. The second-order valence-corrected chi connectivity index (χ2v) is 17.7. The summed E-state index contributed by atoms with van der Waals surface area (Å²) in [6.07, 6.45) is 0. The zero-order chi connectivity index (χ0) is 45.2. The highest BCUT2D eigenvalue weighted by Crippen LogP contribution is 2.50. The minimum atomic E-state index is 0.396. The van der Waals surface area contributed by atoms with Gasteiger partial charge >= 0.3 is 0 Å². The van der Waals surface area contributed by atoms with Crippen LogP contribution in [0.2, 0.25) is 0 Å². The van der Waals surface area contributed by atoms with Gasteiger partial charge in [-0.05, 0) is 66.7 Å². The average molecular weight is 883 g/mol. The quantitative estimate of drug-likeness (QED) is 0.167. The van der Waals surface area contributed by atoms with Crippen molar-refractivity contribution in [1.29, 1.82) is 0 Å². The highest BCUT2D eigenvalue weighted by Gasteiger charge is 2.33. The van der Waals surface area contributed by atoms with Gasteiger partial charge in [0.1, 0.15) is 0 Å². The summed E-state index contributed by atoms with van der Waals surface area (Å²) in [7, 11) is 0. The zero-order valence-corrected chi connectivity index (χ0v) is 37.0. The Hall–Kier alpha value is -9.46. The maximum absolute atomic E-state index is 7.21. The smallest absolute Gasteiger partial charge is 0.252 e. The molecule has 15 aromatic rings. The third-order valence-electron chi connectivity index (χ3n) is 14.1. The Bertz CT molecular complexity index is 4100. The normalized spacial score (nSPS) is 12.1. The van der Waals surface area contributed by atoms with Crippen molar-refractivity contribution in [2.75, 3.05) is 0 Å². The largest absolute Gasteiger partial charge is 0.416 e. The topological polar surface area (TPSA) is 58.6 Å². The van der Waals surface area contributed by atoms with Crippen LogP contribution in [0.15, 0.2) is 235 Å². The molecule has 0 radical (unpaired) electrons. The summed E-state index contributed by atoms with van der Waals surface area (Å²) >= 11 is 0. The maximum Gasteiger partial charge on any atom is 0.252 e. The highest BCUT2D eigenvalue weighted by atomic mass is 16.4. The van der Waals surface area contributed by atoms with Gasteiger partial charge in [-0.1, -0.05) is 164 Å². The number of hydrogen-bond acceptors (Lipinski definition) is 3. The van der Waals surface area contributed by atoms with Crippen molar-refractivity contribution < 1.29 is 4.42 Å². The molecule has 0 unspecified atom stereocenters. The van der Waals surface area contributed by atoms with Crippen LogP contribution in [-0.4, -0.2) is 28.5 Å². The van der Waals surface area contributed by atoms with Crippen molar-refractivity contribution in [3.05, 3.63) is 231 Å². The molecule has 0 atom stereocenters. The van der Waals surface area contributed by atoms with Crippen LogP contribution in [0.5, 0.6) is 0 Å². The van der Waals surface area contributed by atoms with Gasteiger partial charge in [0, 0.05) is 48.7 Å². The van der Waals surface area contributed by atoms with Crippen LogP contribution < -0.4 is 0 Å². The van der Waals surface area contributed by atoms with E-state index in [1.165, 1.54) is 0 Å². The number of hydrogen-bond donors (Lipinski definition) is 0. The Morgan fingerprint density at radius 3 is 0.841 bits per heavy atom. The summed E-state index contributed by atoms with van der Waals surface area (Å²) in [5.41, 5.74) is 13.9. The first-order chi connectivity index (χ1) is 34.3. The fourth-order valence-electron chi connectivity index (χ4n) is 11.3. The Balaban J connectivity index is 1.27. The fourth-order valence-corrected chi connectivity index (χ4v) is 11.3. The number of rotatable bonds is 6. The van der Waals surface area contributed by atoms with Crippen molar-refractivity contribution in [1.82, 2.24) is 28.5 Å². The van der Waals surface area contributed by atoms with E-state index in [0.717, 1.165) is 121 Å². The van der Waals surface area contributed by atoms with Crippen LogP contribution in [0.4, 0.5) is 0 Å². The lowest BCUT2D eigenvalue weighted by molar-refractivity contribution is 0.584. The molecule has 10 aromatic carbocycles. The van der Waals surface area contributed by atoms with Crippen molar-refractivity contribution in [2.45, 2.75) is 0 Å². The number of nitrogens with zero attached hydrogens (tertiary/aromatic N) is 6. The SMILES string of the molecule is c1ccc(-c2nnc(-c3c(-n4c5ccccc5c5ccccc54)c(-n4c5ccccc5c5ccccc54)cc(-n4c5ccccc5c5ccccc54)c3-n3c4ccccc4c4ccccc43)o2)cc1. The zero-order valence-electron chi connectivity index (χ0n) is 37.0. The molecule has 0 aliphatic heterocycles. The monoisotopic (exact) mass is 882 g/mol. The van der Waals surface area contributed by atoms with E-state index in [9.17, 15) is 0 Å². The summed E-state index contributed by atoms with van der Waals surface area (Å²) in [5.74, 6) is 0.833. The molecule has 0 bridgehead atoms. The lowest BCUT2D eigenvalue weighted by Crippen LogP contribution is -2.13. The summed E-state index contributed by atoms with van der Waals surface area (Å²) < 4.78 is 17.0. The summed E-state index contributed by atoms with van der Waals surface area (Å²) in [6.45, 7) is 0. The molecule has 0 spiro atoms. The first-order valence-corrected chi connectivity index (χ1v) is 23.3. The van der Waals surface area contributed by atoms with Gasteiger partial charge in [0.05, 0.1) is 72.4 Å². The van der Waals surface area contributed by atoms with Gasteiger partial charge in [0.25, 0.3) is 5.89 Å². The van der Waals surface area contributed by atoms with Crippen molar-refractivity contribution in [3.8, 4) is 45.7 Å². The number of aromatic nitrogens is 6. The Labute approximate surface area is 394 Å². The summed E-state index contributed by atoms with van der Waals surface area (Å²) in [5, 5.41) is 19.3. The molecular weight excluding hydrogens is 845 g/mol. The van der Waals surface area contributed by atoms with E-state index in [4.69, 9.17) is 14.6 Å². The molecule has 0 fully saturated rings. The number of para-hydroxylation sites is 8. The van der Waals surface area contributed by atoms with Crippen molar-refractivity contribution in [2.24, 2.45) is 0 Å². The lowest BCUT2D eigenvalue weighted by Gasteiger charge is -2.26. The molecule has 69 heavy (non-hydrogen) atoms. The van der Waals surface area contributed by atoms with Crippen molar-refractivity contribution >= 4 is 87.2 Å². The first-order valence-electron chi connectivity index (χ1n) is 23.3. The van der Waals surface area contributed by atoms with Gasteiger partial charge in [-0.15, -0.1) is 10.2 Å². The van der Waals surface area contributed by atoms with Gasteiger partial charge < -0.3 is 22.7 Å². The third kappa shape index (κ3) is 5.32. The Morgan fingerprint density at radius 2 is 0.522 bits per heavy atom. The van der Waals surface area contributed by atoms with Crippen LogP contribution in [-0.2, 0) is 0 Å². The summed E-state index contributed by atoms with van der Waals surface area (Å²) in [4.78, 5) is 0. The van der Waals surface area contributed by atoms with Gasteiger partial charge in [-0.3, -0.25) is 0 Å². The van der Waals surface area contributed by atoms with Gasteiger partial charge in [0.15, 0.2) is 0 Å². The van der Waals surface area contributed by atoms with E-state index in [2.05, 4.69) is 218 Å². The number of fused-ring (bicyclic) bond motifs is 12. The second kappa shape index (κ2) is 14.5. The molecular formula is C62H38N6O. The molecule has 15 rings (SSSR count). The average Bonchev–Trinajstić information content (AvgIpc) is 4.25. The fraction of sp³-hybridized carbons (Fsp3) is 0. The Morgan fingerprint density at radius 1 is 0.261 bits per heavy atom. The first kappa shape index (κ1) is 37.7. The van der Waals surface area contributed by atoms with Crippen LogP contribution in [0, 0.1) is 0 Å². The molecule has 0 saturated heterocycles. The van der Waals surface area contributed by atoms with Gasteiger partial charge in [-0.25, -0.2) is 0 Å². The van der Waals surface area contributed by atoms with Gasteiger partial charge in [-0.2, -0.15) is 0 Å². The van der Waals surface area contributed by atoms with Gasteiger partial charge in [0.2, 0.25) is 5.89 Å². The predicted molar refractivity (Wildman–Crippen MR) is 283 cm³/mol. The molecule has 5 heterocycles. The molecule has 0 aliphatic carbocycles. The molecule has 0 N–H and O–H groups in total. The second-order valence-electron chi connectivity index (χ2n) is 17.7. The molecule has 322 valence electrons. The minimum Gasteiger partial charge on any atom is -0.416 e. The van der Waals surface area contributed by atoms with E-state index >= 15 is 0 Å². The Kier molecular flexibility index (Phi) is 7.94. The van der Waals surface area contributed by atoms with Crippen LogP contribution in [0.1, 0.15) is 0 Å². The van der Waals surface area contributed by atoms with E-state index < -0.39 is 0 Å². The van der Waals surface area contributed by atoms with Crippen LogP contribution in [0.25, 0.3) is 133 Å².